The van der Waals surface area contributed by atoms with Gasteiger partial charge < -0.3 is 20.1 Å². The Morgan fingerprint density at radius 2 is 1.48 bits per heavy atom. The maximum absolute atomic E-state index is 12.8. The number of benzene rings is 2. The molecule has 0 spiro atoms. The van der Waals surface area contributed by atoms with Crippen molar-refractivity contribution in [1.82, 2.24) is 0 Å². The van der Waals surface area contributed by atoms with E-state index in [1.165, 1.54) is 14.2 Å². The number of rotatable bonds is 6. The molecule has 0 saturated heterocycles. The zero-order valence-electron chi connectivity index (χ0n) is 16.6. The number of carbonyl (C=O) groups is 2. The third-order valence-electron chi connectivity index (χ3n) is 4.42. The Labute approximate surface area is 159 Å². The van der Waals surface area contributed by atoms with E-state index in [2.05, 4.69) is 10.6 Å². The first-order chi connectivity index (χ1) is 12.7. The molecule has 0 unspecified atom stereocenters. The van der Waals surface area contributed by atoms with Gasteiger partial charge in [0.05, 0.1) is 19.9 Å². The highest BCUT2D eigenvalue weighted by atomic mass is 16.5. The molecule has 0 aliphatic carbocycles. The molecule has 0 aliphatic rings. The van der Waals surface area contributed by atoms with Crippen LogP contribution in [0.15, 0.2) is 36.4 Å². The summed E-state index contributed by atoms with van der Waals surface area (Å²) >= 11 is 0. The third kappa shape index (κ3) is 4.58. The van der Waals surface area contributed by atoms with Gasteiger partial charge in [-0.2, -0.15) is 0 Å². The molecule has 6 nitrogen and oxygen atoms in total. The normalized spacial score (nSPS) is 10.9. The number of carbonyl (C=O) groups excluding carboxylic acids is 2. The second kappa shape index (κ2) is 8.12. The first kappa shape index (κ1) is 20.3. The third-order valence-corrected chi connectivity index (χ3v) is 4.42. The van der Waals surface area contributed by atoms with E-state index in [4.69, 9.17) is 9.47 Å². The largest absolute Gasteiger partial charge is 0.497 e. The molecule has 2 aromatic rings. The van der Waals surface area contributed by atoms with E-state index in [0.29, 0.717) is 22.9 Å². The van der Waals surface area contributed by atoms with Gasteiger partial charge in [0.1, 0.15) is 16.9 Å². The van der Waals surface area contributed by atoms with Crippen molar-refractivity contribution in [2.75, 3.05) is 24.9 Å². The van der Waals surface area contributed by atoms with Gasteiger partial charge in [0.2, 0.25) is 11.8 Å². The fourth-order valence-corrected chi connectivity index (χ4v) is 2.53. The predicted molar refractivity (Wildman–Crippen MR) is 107 cm³/mol. The molecular weight excluding hydrogens is 344 g/mol. The highest BCUT2D eigenvalue weighted by Crippen LogP contribution is 2.31. The molecule has 0 heterocycles. The highest BCUT2D eigenvalue weighted by Gasteiger charge is 2.36. The number of hydrogen-bond donors (Lipinski definition) is 2. The van der Waals surface area contributed by atoms with Crippen LogP contribution in [0.2, 0.25) is 0 Å². The Balaban J connectivity index is 2.20. The zero-order chi connectivity index (χ0) is 20.2. The van der Waals surface area contributed by atoms with Crippen molar-refractivity contribution in [3.05, 3.63) is 47.5 Å². The van der Waals surface area contributed by atoms with E-state index in [1.54, 1.807) is 32.0 Å². The molecular formula is C21H26N2O4. The van der Waals surface area contributed by atoms with Crippen LogP contribution in [0.25, 0.3) is 0 Å². The Kier molecular flexibility index (Phi) is 6.10. The Hall–Kier alpha value is -3.02. The molecule has 0 radical (unpaired) electrons. The quantitative estimate of drug-likeness (QED) is 0.756. The topological polar surface area (TPSA) is 76.7 Å². The molecule has 2 N–H and O–H groups in total. The summed E-state index contributed by atoms with van der Waals surface area (Å²) < 4.78 is 10.5. The van der Waals surface area contributed by atoms with Crippen molar-refractivity contribution >= 4 is 23.2 Å². The first-order valence-corrected chi connectivity index (χ1v) is 8.61. The fraction of sp³-hybridized carbons (Fsp3) is 0.333. The summed E-state index contributed by atoms with van der Waals surface area (Å²) in [5.41, 5.74) is 1.87. The maximum Gasteiger partial charge on any atom is 0.239 e. The summed E-state index contributed by atoms with van der Waals surface area (Å²) in [5, 5.41) is 5.60. The fourth-order valence-electron chi connectivity index (χ4n) is 2.53. The number of aryl methyl sites for hydroxylation is 2. The van der Waals surface area contributed by atoms with Crippen LogP contribution >= 0.6 is 0 Å². The van der Waals surface area contributed by atoms with Crippen LogP contribution in [-0.2, 0) is 9.59 Å². The summed E-state index contributed by atoms with van der Waals surface area (Å²) in [4.78, 5) is 25.6. The standard InChI is InChI=1S/C21H26N2O4/c1-13-7-9-16(14(2)11-13)22-19(24)21(3,4)20(25)23-17-12-15(26-5)8-10-18(17)27-6/h7-12H,1-6H3,(H,22,24)(H,23,25). The summed E-state index contributed by atoms with van der Waals surface area (Å²) in [7, 11) is 3.05. The SMILES string of the molecule is COc1ccc(OC)c(NC(=O)C(C)(C)C(=O)Nc2ccc(C)cc2C)c1. The molecule has 0 aromatic heterocycles. The van der Waals surface area contributed by atoms with Crippen LogP contribution < -0.4 is 20.1 Å². The van der Waals surface area contributed by atoms with Crippen LogP contribution in [0.1, 0.15) is 25.0 Å². The number of ether oxygens (including phenoxy) is 2. The predicted octanol–water partition coefficient (Wildman–Crippen LogP) is 3.92. The van der Waals surface area contributed by atoms with E-state index < -0.39 is 17.2 Å². The van der Waals surface area contributed by atoms with Gasteiger partial charge >= 0.3 is 0 Å². The Morgan fingerprint density at radius 1 is 0.852 bits per heavy atom. The number of methoxy groups -OCH3 is 2. The number of nitrogens with one attached hydrogen (secondary N) is 2. The van der Waals surface area contributed by atoms with Gasteiger partial charge in [-0.15, -0.1) is 0 Å². The van der Waals surface area contributed by atoms with Crippen molar-refractivity contribution in [2.24, 2.45) is 5.41 Å². The van der Waals surface area contributed by atoms with E-state index in [1.807, 2.05) is 32.0 Å². The van der Waals surface area contributed by atoms with Gasteiger partial charge in [-0.05, 0) is 51.5 Å². The second-order valence-corrected chi connectivity index (χ2v) is 6.92. The number of hydrogen-bond acceptors (Lipinski definition) is 4. The molecule has 2 rings (SSSR count). The molecule has 144 valence electrons. The van der Waals surface area contributed by atoms with E-state index >= 15 is 0 Å². The molecule has 6 heteroatoms. The highest BCUT2D eigenvalue weighted by molar-refractivity contribution is 6.14. The van der Waals surface area contributed by atoms with Gasteiger partial charge in [-0.25, -0.2) is 0 Å². The zero-order valence-corrected chi connectivity index (χ0v) is 16.6. The van der Waals surface area contributed by atoms with Crippen molar-refractivity contribution < 1.29 is 19.1 Å². The second-order valence-electron chi connectivity index (χ2n) is 6.92. The van der Waals surface area contributed by atoms with Gasteiger partial charge in [0, 0.05) is 11.8 Å². The molecule has 0 aliphatic heterocycles. The lowest BCUT2D eigenvalue weighted by molar-refractivity contribution is -0.135. The van der Waals surface area contributed by atoms with Crippen molar-refractivity contribution in [1.29, 1.82) is 0 Å². The van der Waals surface area contributed by atoms with Crippen LogP contribution in [-0.4, -0.2) is 26.0 Å². The van der Waals surface area contributed by atoms with Crippen LogP contribution in [0, 0.1) is 19.3 Å². The molecule has 0 bridgehead atoms. The minimum atomic E-state index is -1.30. The summed E-state index contributed by atoms with van der Waals surface area (Å²) in [6.45, 7) is 7.05. The summed E-state index contributed by atoms with van der Waals surface area (Å²) in [6.07, 6.45) is 0. The van der Waals surface area contributed by atoms with Gasteiger partial charge in [0.25, 0.3) is 0 Å². The van der Waals surface area contributed by atoms with Gasteiger partial charge in [0.15, 0.2) is 0 Å². The molecule has 0 atom stereocenters. The number of amides is 2. The maximum atomic E-state index is 12.8. The molecule has 2 amide bonds. The van der Waals surface area contributed by atoms with Crippen LogP contribution in [0.5, 0.6) is 11.5 Å². The van der Waals surface area contributed by atoms with Crippen molar-refractivity contribution in [2.45, 2.75) is 27.7 Å². The van der Waals surface area contributed by atoms with Gasteiger partial charge in [-0.1, -0.05) is 17.7 Å². The minimum absolute atomic E-state index is 0.395. The van der Waals surface area contributed by atoms with Crippen molar-refractivity contribution in [3.8, 4) is 11.5 Å². The summed E-state index contributed by atoms with van der Waals surface area (Å²) in [5.74, 6) is 0.212. The lowest BCUT2D eigenvalue weighted by atomic mass is 9.90. The van der Waals surface area contributed by atoms with Crippen LogP contribution in [0.4, 0.5) is 11.4 Å². The van der Waals surface area contributed by atoms with Gasteiger partial charge in [-0.3, -0.25) is 9.59 Å². The van der Waals surface area contributed by atoms with Crippen molar-refractivity contribution in [3.63, 3.8) is 0 Å². The van der Waals surface area contributed by atoms with E-state index in [0.717, 1.165) is 11.1 Å². The molecule has 2 aromatic carbocycles. The molecule has 0 fully saturated rings. The lowest BCUT2D eigenvalue weighted by Gasteiger charge is -2.24. The van der Waals surface area contributed by atoms with E-state index in [9.17, 15) is 9.59 Å². The van der Waals surface area contributed by atoms with Crippen LogP contribution in [0.3, 0.4) is 0 Å². The average Bonchev–Trinajstić information content (AvgIpc) is 2.63. The number of anilines is 2. The average molecular weight is 370 g/mol. The monoisotopic (exact) mass is 370 g/mol. The lowest BCUT2D eigenvalue weighted by Crippen LogP contribution is -2.41. The summed E-state index contributed by atoms with van der Waals surface area (Å²) in [6, 6.07) is 10.8. The molecule has 0 saturated carbocycles. The Bertz CT molecular complexity index is 859. The first-order valence-electron chi connectivity index (χ1n) is 8.61. The smallest absolute Gasteiger partial charge is 0.239 e. The minimum Gasteiger partial charge on any atom is -0.497 e. The molecule has 27 heavy (non-hydrogen) atoms. The Morgan fingerprint density at radius 3 is 2.04 bits per heavy atom. The van der Waals surface area contributed by atoms with E-state index in [-0.39, 0.29) is 0 Å².